The first-order valence-corrected chi connectivity index (χ1v) is 6.35. The summed E-state index contributed by atoms with van der Waals surface area (Å²) in [6.45, 7) is 0.584. The van der Waals surface area contributed by atoms with Gasteiger partial charge in [-0.15, -0.1) is 0 Å². The largest absolute Gasteiger partial charge is 0.489 e. The lowest BCUT2D eigenvalue weighted by atomic mass is 10.2. The van der Waals surface area contributed by atoms with Gasteiger partial charge in [-0.25, -0.2) is 0 Å². The highest BCUT2D eigenvalue weighted by atomic mass is 16.5. The van der Waals surface area contributed by atoms with Gasteiger partial charge < -0.3 is 20.3 Å². The Balaban J connectivity index is 1.77. The maximum atomic E-state index is 9.81. The number of hydrogen-bond donors (Lipinski definition) is 3. The Morgan fingerprint density at radius 2 is 2.16 bits per heavy atom. The molecule has 0 heterocycles. The highest BCUT2D eigenvalue weighted by molar-refractivity contribution is 5.42. The van der Waals surface area contributed by atoms with Crippen LogP contribution in [0.1, 0.15) is 18.4 Å². The molecule has 1 aliphatic carbocycles. The topological polar surface area (TPSA) is 85.5 Å². The van der Waals surface area contributed by atoms with E-state index in [-0.39, 0.29) is 18.8 Å². The number of nitriles is 1. The van der Waals surface area contributed by atoms with Gasteiger partial charge in [0.25, 0.3) is 0 Å². The Morgan fingerprint density at radius 1 is 1.42 bits per heavy atom. The van der Waals surface area contributed by atoms with Crippen molar-refractivity contribution in [3.63, 3.8) is 0 Å². The van der Waals surface area contributed by atoms with Crippen LogP contribution in [0, 0.1) is 11.3 Å². The number of aliphatic hydroxyl groups excluding tert-OH is 2. The van der Waals surface area contributed by atoms with Gasteiger partial charge in [0.05, 0.1) is 12.2 Å². The minimum atomic E-state index is -0.671. The van der Waals surface area contributed by atoms with Crippen LogP contribution in [0.3, 0.4) is 0 Å². The predicted octanol–water partition coefficient (Wildman–Crippen LogP) is 0.412. The number of ether oxygens (including phenoxy) is 1. The Labute approximate surface area is 112 Å². The van der Waals surface area contributed by atoms with Gasteiger partial charge in [-0.2, -0.15) is 5.26 Å². The molecule has 1 saturated carbocycles. The van der Waals surface area contributed by atoms with Crippen molar-refractivity contribution in [1.29, 1.82) is 5.26 Å². The number of para-hydroxylation sites is 1. The first-order valence-electron chi connectivity index (χ1n) is 6.35. The fraction of sp³-hybridized carbons (Fsp3) is 0.500. The van der Waals surface area contributed by atoms with Crippen LogP contribution in [0.2, 0.25) is 0 Å². The zero-order valence-corrected chi connectivity index (χ0v) is 10.7. The number of benzene rings is 1. The molecule has 102 valence electrons. The standard InChI is InChI=1S/C14H18N2O3/c15-7-11-3-1-2-4-13(11)19-9-12(18)8-16-14(10-17)5-6-14/h1-4,12,16-18H,5-6,8-10H2. The number of rotatable bonds is 7. The van der Waals surface area contributed by atoms with Crippen molar-refractivity contribution >= 4 is 0 Å². The molecule has 1 atom stereocenters. The average Bonchev–Trinajstić information content (AvgIpc) is 3.24. The number of hydrogen-bond acceptors (Lipinski definition) is 5. The van der Waals surface area contributed by atoms with E-state index in [0.29, 0.717) is 17.9 Å². The molecule has 2 rings (SSSR count). The molecular formula is C14H18N2O3. The second kappa shape index (κ2) is 6.02. The van der Waals surface area contributed by atoms with Gasteiger partial charge in [-0.3, -0.25) is 0 Å². The number of β-amino-alcohol motifs (C(OH)–C–C–N with tert-alkyl or cyclic N) is 1. The third kappa shape index (κ3) is 3.67. The first-order chi connectivity index (χ1) is 9.19. The summed E-state index contributed by atoms with van der Waals surface area (Å²) < 4.78 is 5.43. The molecule has 1 aromatic carbocycles. The van der Waals surface area contributed by atoms with Crippen LogP contribution in [0.25, 0.3) is 0 Å². The minimum absolute atomic E-state index is 0.0951. The van der Waals surface area contributed by atoms with Crippen LogP contribution < -0.4 is 10.1 Å². The fourth-order valence-electron chi connectivity index (χ4n) is 1.81. The molecule has 0 amide bonds. The maximum absolute atomic E-state index is 9.81. The molecule has 1 aliphatic rings. The number of nitrogens with one attached hydrogen (secondary N) is 1. The average molecular weight is 262 g/mol. The van der Waals surface area contributed by atoms with Crippen LogP contribution >= 0.6 is 0 Å². The van der Waals surface area contributed by atoms with Crippen LogP contribution in [0.5, 0.6) is 5.75 Å². The third-order valence-electron chi connectivity index (χ3n) is 3.31. The summed E-state index contributed by atoms with van der Waals surface area (Å²) >= 11 is 0. The molecule has 1 fully saturated rings. The first kappa shape index (κ1) is 13.8. The molecule has 0 aromatic heterocycles. The van der Waals surface area contributed by atoms with Gasteiger partial charge in [0, 0.05) is 12.1 Å². The van der Waals surface area contributed by atoms with E-state index in [9.17, 15) is 5.11 Å². The van der Waals surface area contributed by atoms with Crippen molar-refractivity contribution < 1.29 is 14.9 Å². The maximum Gasteiger partial charge on any atom is 0.137 e. The predicted molar refractivity (Wildman–Crippen MR) is 69.7 cm³/mol. The van der Waals surface area contributed by atoms with E-state index in [2.05, 4.69) is 5.32 Å². The molecule has 0 radical (unpaired) electrons. The molecule has 0 bridgehead atoms. The van der Waals surface area contributed by atoms with Crippen LogP contribution in [-0.4, -0.2) is 41.6 Å². The lowest BCUT2D eigenvalue weighted by molar-refractivity contribution is 0.0977. The molecule has 0 aliphatic heterocycles. The quantitative estimate of drug-likeness (QED) is 0.663. The Morgan fingerprint density at radius 3 is 2.79 bits per heavy atom. The van der Waals surface area contributed by atoms with Crippen LogP contribution in [0.4, 0.5) is 0 Å². The summed E-state index contributed by atoms with van der Waals surface area (Å²) in [5.74, 6) is 0.479. The van der Waals surface area contributed by atoms with Gasteiger partial charge in [-0.05, 0) is 25.0 Å². The Bertz CT molecular complexity index is 466. The van der Waals surface area contributed by atoms with Crippen molar-refractivity contribution in [1.82, 2.24) is 5.32 Å². The van der Waals surface area contributed by atoms with Gasteiger partial charge in [0.2, 0.25) is 0 Å². The highest BCUT2D eigenvalue weighted by Gasteiger charge is 2.41. The van der Waals surface area contributed by atoms with E-state index in [4.69, 9.17) is 15.1 Å². The molecule has 1 aromatic rings. The smallest absolute Gasteiger partial charge is 0.137 e. The summed E-state index contributed by atoms with van der Waals surface area (Å²) in [6.07, 6.45) is 1.21. The van der Waals surface area contributed by atoms with E-state index >= 15 is 0 Å². The Hall–Kier alpha value is -1.61. The molecule has 0 spiro atoms. The van der Waals surface area contributed by atoms with E-state index in [1.807, 2.05) is 6.07 Å². The second-order valence-corrected chi connectivity index (χ2v) is 4.89. The SMILES string of the molecule is N#Cc1ccccc1OCC(O)CNC1(CO)CC1. The molecule has 5 nitrogen and oxygen atoms in total. The van der Waals surface area contributed by atoms with Crippen molar-refractivity contribution in [2.45, 2.75) is 24.5 Å². The van der Waals surface area contributed by atoms with Crippen molar-refractivity contribution in [3.05, 3.63) is 29.8 Å². The van der Waals surface area contributed by atoms with Gasteiger partial charge in [0.1, 0.15) is 24.5 Å². The number of nitrogens with zero attached hydrogens (tertiary/aromatic N) is 1. The van der Waals surface area contributed by atoms with Crippen LogP contribution in [-0.2, 0) is 0 Å². The number of aliphatic hydroxyl groups is 2. The summed E-state index contributed by atoms with van der Waals surface area (Å²) in [5.41, 5.74) is 0.266. The molecule has 19 heavy (non-hydrogen) atoms. The second-order valence-electron chi connectivity index (χ2n) is 4.89. The summed E-state index contributed by atoms with van der Waals surface area (Å²) in [6, 6.07) is 8.96. The lowest BCUT2D eigenvalue weighted by Crippen LogP contribution is -2.41. The normalized spacial score (nSPS) is 17.5. The minimum Gasteiger partial charge on any atom is -0.489 e. The van der Waals surface area contributed by atoms with Crippen molar-refractivity contribution in [2.75, 3.05) is 19.8 Å². The monoisotopic (exact) mass is 262 g/mol. The van der Waals surface area contributed by atoms with Gasteiger partial charge >= 0.3 is 0 Å². The fourth-order valence-corrected chi connectivity index (χ4v) is 1.81. The lowest BCUT2D eigenvalue weighted by Gasteiger charge is -2.18. The molecule has 1 unspecified atom stereocenters. The summed E-state index contributed by atoms with van der Waals surface area (Å²) in [4.78, 5) is 0. The van der Waals surface area contributed by atoms with Crippen LogP contribution in [0.15, 0.2) is 24.3 Å². The summed E-state index contributed by atoms with van der Waals surface area (Å²) in [5, 5.41) is 31.0. The van der Waals surface area contributed by atoms with E-state index < -0.39 is 6.10 Å². The molecule has 5 heteroatoms. The summed E-state index contributed by atoms with van der Waals surface area (Å²) in [7, 11) is 0. The van der Waals surface area contributed by atoms with Gasteiger partial charge in [-0.1, -0.05) is 12.1 Å². The molecular weight excluding hydrogens is 244 g/mol. The van der Waals surface area contributed by atoms with Crippen molar-refractivity contribution in [3.8, 4) is 11.8 Å². The van der Waals surface area contributed by atoms with Gasteiger partial charge in [0.15, 0.2) is 0 Å². The molecule has 3 N–H and O–H groups in total. The van der Waals surface area contributed by atoms with E-state index in [1.54, 1.807) is 24.3 Å². The van der Waals surface area contributed by atoms with E-state index in [0.717, 1.165) is 12.8 Å². The van der Waals surface area contributed by atoms with E-state index in [1.165, 1.54) is 0 Å². The van der Waals surface area contributed by atoms with Crippen molar-refractivity contribution in [2.24, 2.45) is 0 Å². The zero-order valence-electron chi connectivity index (χ0n) is 10.7. The Kier molecular flexibility index (Phi) is 4.38. The molecule has 0 saturated heterocycles. The highest BCUT2D eigenvalue weighted by Crippen LogP contribution is 2.34. The zero-order chi connectivity index (χ0) is 13.7. The third-order valence-corrected chi connectivity index (χ3v) is 3.31.